The molecular weight excluding hydrogens is 632 g/mol. The van der Waals surface area contributed by atoms with E-state index in [4.69, 9.17) is 23.7 Å². The molecule has 0 radical (unpaired) electrons. The molecule has 6 aromatic rings. The predicted octanol–water partition coefficient (Wildman–Crippen LogP) is 7.97. The Balaban J connectivity index is 1.57. The SMILES string of the molecule is COCCc1c2ccccc2c(CCOC)c2cc(C(=O)Oc3c(C(=O)O)ccc4c(CCOC)c5ccccc5c(CCOC)c34)ccc12. The van der Waals surface area contributed by atoms with E-state index in [-0.39, 0.29) is 11.3 Å². The van der Waals surface area contributed by atoms with Crippen LogP contribution in [0.25, 0.3) is 43.1 Å². The Kier molecular flexibility index (Phi) is 11.0. The molecule has 6 aromatic carbocycles. The molecule has 258 valence electrons. The minimum atomic E-state index is -1.19. The summed E-state index contributed by atoms with van der Waals surface area (Å²) in [7, 11) is 6.65. The molecule has 50 heavy (non-hydrogen) atoms. The van der Waals surface area contributed by atoms with Gasteiger partial charge in [-0.1, -0.05) is 60.7 Å². The van der Waals surface area contributed by atoms with Crippen LogP contribution in [0.2, 0.25) is 0 Å². The smallest absolute Gasteiger partial charge is 0.343 e. The monoisotopic (exact) mass is 674 g/mol. The normalized spacial score (nSPS) is 11.6. The average Bonchev–Trinajstić information content (AvgIpc) is 3.14. The molecule has 0 saturated heterocycles. The second-order valence-electron chi connectivity index (χ2n) is 12.3. The van der Waals surface area contributed by atoms with Gasteiger partial charge in [0, 0.05) is 33.8 Å². The minimum Gasteiger partial charge on any atom is -0.478 e. The Bertz CT molecular complexity index is 2200. The van der Waals surface area contributed by atoms with Gasteiger partial charge >= 0.3 is 11.9 Å². The van der Waals surface area contributed by atoms with Crippen molar-refractivity contribution in [3.05, 3.63) is 112 Å². The van der Waals surface area contributed by atoms with Gasteiger partial charge in [-0.15, -0.1) is 0 Å². The van der Waals surface area contributed by atoms with Crippen LogP contribution >= 0.6 is 0 Å². The molecule has 0 aliphatic rings. The molecular formula is C42H42O8. The van der Waals surface area contributed by atoms with E-state index in [2.05, 4.69) is 18.2 Å². The van der Waals surface area contributed by atoms with E-state index < -0.39 is 11.9 Å². The number of methoxy groups -OCH3 is 4. The summed E-state index contributed by atoms with van der Waals surface area (Å²) < 4.78 is 28.2. The standard InChI is InChI=1S/C42H42O8/c1-46-21-17-32-27-9-5-6-10-28(27)34(19-23-48-3)38-25-26(13-14-31(32)38)42(45)50-40-37(41(43)44)16-15-35-33(18-22-47-2)29-11-7-8-12-30(29)36(39(35)40)20-24-49-4/h5-16,25H,17-24H2,1-4H3,(H,43,44). The van der Waals surface area contributed by atoms with Crippen molar-refractivity contribution in [2.75, 3.05) is 54.9 Å². The number of aromatic carboxylic acids is 1. The zero-order valence-corrected chi connectivity index (χ0v) is 29.0. The van der Waals surface area contributed by atoms with Crippen LogP contribution in [0, 0.1) is 0 Å². The summed E-state index contributed by atoms with van der Waals surface area (Å²) in [5.74, 6) is -1.81. The van der Waals surface area contributed by atoms with Crippen molar-refractivity contribution < 1.29 is 38.4 Å². The van der Waals surface area contributed by atoms with Gasteiger partial charge in [0.05, 0.1) is 32.0 Å². The van der Waals surface area contributed by atoms with E-state index in [0.717, 1.165) is 60.0 Å². The van der Waals surface area contributed by atoms with Crippen molar-refractivity contribution in [1.82, 2.24) is 0 Å². The van der Waals surface area contributed by atoms with Crippen molar-refractivity contribution in [1.29, 1.82) is 0 Å². The number of ether oxygens (including phenoxy) is 5. The lowest BCUT2D eigenvalue weighted by Gasteiger charge is -2.21. The van der Waals surface area contributed by atoms with Gasteiger partial charge in [-0.3, -0.25) is 0 Å². The van der Waals surface area contributed by atoms with Crippen LogP contribution in [0.4, 0.5) is 0 Å². The number of fused-ring (bicyclic) bond motifs is 4. The highest BCUT2D eigenvalue weighted by Crippen LogP contribution is 2.41. The van der Waals surface area contributed by atoms with E-state index in [9.17, 15) is 14.7 Å². The summed E-state index contributed by atoms with van der Waals surface area (Å²) in [5.41, 5.74) is 4.29. The molecule has 0 aromatic heterocycles. The van der Waals surface area contributed by atoms with Crippen LogP contribution in [-0.2, 0) is 44.6 Å². The molecule has 0 unspecified atom stereocenters. The van der Waals surface area contributed by atoms with Crippen molar-refractivity contribution >= 4 is 55.0 Å². The first-order valence-electron chi connectivity index (χ1n) is 16.8. The Morgan fingerprint density at radius 1 is 0.520 bits per heavy atom. The third-order valence-corrected chi connectivity index (χ3v) is 9.49. The van der Waals surface area contributed by atoms with Gasteiger partial charge in [0.2, 0.25) is 0 Å². The van der Waals surface area contributed by atoms with Crippen molar-refractivity contribution in [3.63, 3.8) is 0 Å². The van der Waals surface area contributed by atoms with E-state index in [1.165, 1.54) is 6.07 Å². The Hall–Kier alpha value is -4.86. The van der Waals surface area contributed by atoms with Crippen LogP contribution in [0.15, 0.2) is 78.9 Å². The van der Waals surface area contributed by atoms with E-state index in [1.54, 1.807) is 34.5 Å². The fourth-order valence-corrected chi connectivity index (χ4v) is 7.22. The number of hydrogen-bond donors (Lipinski definition) is 1. The van der Waals surface area contributed by atoms with Crippen LogP contribution in [0.3, 0.4) is 0 Å². The lowest BCUT2D eigenvalue weighted by atomic mass is 9.87. The number of benzene rings is 6. The number of carboxylic acid groups (broad SMARTS) is 1. The second-order valence-corrected chi connectivity index (χ2v) is 12.3. The molecule has 0 aliphatic carbocycles. The van der Waals surface area contributed by atoms with Gasteiger partial charge < -0.3 is 28.8 Å². The molecule has 6 rings (SSSR count). The largest absolute Gasteiger partial charge is 0.478 e. The molecule has 0 bridgehead atoms. The molecule has 0 atom stereocenters. The van der Waals surface area contributed by atoms with E-state index in [0.29, 0.717) is 63.1 Å². The maximum absolute atomic E-state index is 14.3. The highest BCUT2D eigenvalue weighted by atomic mass is 16.5. The summed E-state index contributed by atoms with van der Waals surface area (Å²) in [5, 5.41) is 18.0. The second kappa shape index (κ2) is 15.8. The third-order valence-electron chi connectivity index (χ3n) is 9.49. The summed E-state index contributed by atoms with van der Waals surface area (Å²) >= 11 is 0. The van der Waals surface area contributed by atoms with Crippen LogP contribution < -0.4 is 4.74 Å². The first kappa shape index (κ1) is 35.0. The number of carbonyl (C=O) groups is 2. The summed E-state index contributed by atoms with van der Waals surface area (Å²) in [6, 6.07) is 25.2. The first-order chi connectivity index (χ1) is 24.4. The van der Waals surface area contributed by atoms with Crippen molar-refractivity contribution in [3.8, 4) is 5.75 Å². The zero-order valence-electron chi connectivity index (χ0n) is 29.0. The molecule has 8 heteroatoms. The van der Waals surface area contributed by atoms with E-state index in [1.807, 2.05) is 48.5 Å². The predicted molar refractivity (Wildman–Crippen MR) is 197 cm³/mol. The van der Waals surface area contributed by atoms with Crippen LogP contribution in [0.5, 0.6) is 5.75 Å². The quantitative estimate of drug-likeness (QED) is 0.0665. The van der Waals surface area contributed by atoms with Crippen molar-refractivity contribution in [2.24, 2.45) is 0 Å². The number of hydrogen-bond acceptors (Lipinski definition) is 7. The van der Waals surface area contributed by atoms with Gasteiger partial charge in [0.15, 0.2) is 5.75 Å². The molecule has 8 nitrogen and oxygen atoms in total. The highest BCUT2D eigenvalue weighted by Gasteiger charge is 2.25. The van der Waals surface area contributed by atoms with Gasteiger partial charge in [-0.2, -0.15) is 0 Å². The molecule has 0 amide bonds. The molecule has 0 spiro atoms. The highest BCUT2D eigenvalue weighted by molar-refractivity contribution is 6.13. The molecule has 1 N–H and O–H groups in total. The van der Waals surface area contributed by atoms with Crippen LogP contribution in [0.1, 0.15) is 43.0 Å². The maximum atomic E-state index is 14.3. The molecule has 0 heterocycles. The van der Waals surface area contributed by atoms with Crippen molar-refractivity contribution in [2.45, 2.75) is 25.7 Å². The lowest BCUT2D eigenvalue weighted by molar-refractivity contribution is 0.0682. The number of rotatable bonds is 15. The summed E-state index contributed by atoms with van der Waals surface area (Å²) in [6.45, 7) is 1.92. The fraction of sp³-hybridized carbons (Fsp3) is 0.286. The lowest BCUT2D eigenvalue weighted by Crippen LogP contribution is -2.14. The number of esters is 1. The van der Waals surface area contributed by atoms with Gasteiger partial charge in [-0.05, 0) is 104 Å². The average molecular weight is 675 g/mol. The topological polar surface area (TPSA) is 101 Å². The Morgan fingerprint density at radius 2 is 0.940 bits per heavy atom. The zero-order chi connectivity index (χ0) is 35.2. The fourth-order valence-electron chi connectivity index (χ4n) is 7.22. The Labute approximate surface area is 291 Å². The van der Waals surface area contributed by atoms with Gasteiger partial charge in [0.25, 0.3) is 0 Å². The summed E-state index contributed by atoms with van der Waals surface area (Å²) in [4.78, 5) is 27.0. The first-order valence-corrected chi connectivity index (χ1v) is 16.8. The van der Waals surface area contributed by atoms with E-state index >= 15 is 0 Å². The Morgan fingerprint density at radius 3 is 1.44 bits per heavy atom. The van der Waals surface area contributed by atoms with Gasteiger partial charge in [-0.25, -0.2) is 9.59 Å². The number of carboxylic acids is 1. The molecule has 0 aliphatic heterocycles. The van der Waals surface area contributed by atoms with Crippen LogP contribution in [-0.4, -0.2) is 71.9 Å². The third kappa shape index (κ3) is 6.67. The maximum Gasteiger partial charge on any atom is 0.343 e. The number of carbonyl (C=O) groups excluding carboxylic acids is 1. The van der Waals surface area contributed by atoms with Gasteiger partial charge in [0.1, 0.15) is 5.56 Å². The summed E-state index contributed by atoms with van der Waals surface area (Å²) in [6.07, 6.45) is 2.42. The molecule has 0 saturated carbocycles. The minimum absolute atomic E-state index is 0.0227. The molecule has 0 fully saturated rings.